The molecule has 3 atom stereocenters. The fourth-order valence-corrected chi connectivity index (χ4v) is 3.50. The molecule has 1 nitrogen and oxygen atoms in total. The van der Waals surface area contributed by atoms with Gasteiger partial charge in [0.25, 0.3) is 0 Å². The number of halogens is 1. The zero-order chi connectivity index (χ0) is 11.8. The number of rotatable bonds is 2. The minimum Gasteiger partial charge on any atom is -0.377 e. The molecule has 2 saturated carbocycles. The molecule has 0 heterocycles. The topological polar surface area (TPSA) is 9.23 Å². The maximum absolute atomic E-state index is 5.90. The Hall–Kier alpha value is -0.790. The first-order valence-electron chi connectivity index (χ1n) is 6.28. The van der Waals surface area contributed by atoms with Gasteiger partial charge in [-0.15, -0.1) is 0 Å². The van der Waals surface area contributed by atoms with Gasteiger partial charge in [0.2, 0.25) is 0 Å². The Morgan fingerprint density at radius 1 is 1.24 bits per heavy atom. The summed E-state index contributed by atoms with van der Waals surface area (Å²) >= 11 is 5.90. The van der Waals surface area contributed by atoms with Crippen LogP contribution in [-0.4, -0.2) is 13.2 Å². The lowest BCUT2D eigenvalue weighted by atomic mass is 9.90. The van der Waals surface area contributed by atoms with E-state index in [2.05, 4.69) is 18.2 Å². The number of benzene rings is 1. The highest BCUT2D eigenvalue weighted by Crippen LogP contribution is 2.49. The molecule has 0 spiro atoms. The Kier molecular flexibility index (Phi) is 2.97. The average molecular weight is 249 g/mol. The van der Waals surface area contributed by atoms with Gasteiger partial charge in [-0.2, -0.15) is 0 Å². The van der Waals surface area contributed by atoms with Crippen LogP contribution in [-0.2, 0) is 4.74 Å². The van der Waals surface area contributed by atoms with E-state index in [9.17, 15) is 0 Å². The lowest BCUT2D eigenvalue weighted by Crippen LogP contribution is -2.21. The molecule has 0 unspecified atom stereocenters. The molecule has 0 aliphatic heterocycles. The summed E-state index contributed by atoms with van der Waals surface area (Å²) in [6.45, 7) is 0. The van der Waals surface area contributed by atoms with E-state index in [-0.39, 0.29) is 0 Å². The first kappa shape index (κ1) is 11.3. The predicted octanol–water partition coefficient (Wildman–Crippen LogP) is 4.17. The maximum Gasteiger partial charge on any atom is 0.0815 e. The smallest absolute Gasteiger partial charge is 0.0815 e. The van der Waals surface area contributed by atoms with Gasteiger partial charge in [0.05, 0.1) is 6.10 Å². The monoisotopic (exact) mass is 248 g/mol. The molecule has 2 aliphatic carbocycles. The van der Waals surface area contributed by atoms with Crippen molar-refractivity contribution < 1.29 is 4.74 Å². The van der Waals surface area contributed by atoms with Gasteiger partial charge in [-0.25, -0.2) is 0 Å². The zero-order valence-electron chi connectivity index (χ0n) is 10.0. The Bertz CT molecular complexity index is 435. The number of methoxy groups -OCH3 is 1. The van der Waals surface area contributed by atoms with E-state index in [0.29, 0.717) is 6.10 Å². The molecule has 0 radical (unpaired) electrons. The third kappa shape index (κ3) is 2.02. The molecule has 1 aromatic rings. The van der Waals surface area contributed by atoms with Crippen LogP contribution in [0, 0.1) is 11.8 Å². The molecule has 3 rings (SSSR count). The van der Waals surface area contributed by atoms with Crippen LogP contribution in [0.5, 0.6) is 0 Å². The second-order valence-electron chi connectivity index (χ2n) is 5.12. The van der Waals surface area contributed by atoms with Crippen LogP contribution in [0.1, 0.15) is 24.8 Å². The lowest BCUT2D eigenvalue weighted by molar-refractivity contribution is 0.0908. The third-order valence-corrected chi connectivity index (χ3v) is 4.41. The normalized spacial score (nSPS) is 33.5. The molecular formula is C15H17ClO. The maximum atomic E-state index is 5.90. The highest BCUT2D eigenvalue weighted by Gasteiger charge is 2.43. The van der Waals surface area contributed by atoms with Crippen LogP contribution in [0.3, 0.4) is 0 Å². The van der Waals surface area contributed by atoms with E-state index >= 15 is 0 Å². The van der Waals surface area contributed by atoms with Gasteiger partial charge in [0, 0.05) is 12.1 Å². The standard InChI is InChI=1S/C15H17ClO/c1-17-15-12-5-4-11(9-12)14(15)8-10-2-6-13(16)7-3-10/h2-3,6-8,11-12,15H,4-5,9H2,1H3/b14-8+/t11-,12+,15+/m1/s1. The van der Waals surface area contributed by atoms with E-state index < -0.39 is 0 Å². The lowest BCUT2D eigenvalue weighted by Gasteiger charge is -2.23. The van der Waals surface area contributed by atoms with Crippen LogP contribution in [0.15, 0.2) is 29.8 Å². The van der Waals surface area contributed by atoms with Gasteiger partial charge in [0.15, 0.2) is 0 Å². The molecule has 17 heavy (non-hydrogen) atoms. The van der Waals surface area contributed by atoms with Crippen LogP contribution in [0.4, 0.5) is 0 Å². The van der Waals surface area contributed by atoms with Gasteiger partial charge in [-0.3, -0.25) is 0 Å². The van der Waals surface area contributed by atoms with E-state index in [1.165, 1.54) is 30.4 Å². The van der Waals surface area contributed by atoms with Crippen LogP contribution in [0.25, 0.3) is 6.08 Å². The molecule has 0 saturated heterocycles. The molecule has 2 bridgehead atoms. The Morgan fingerprint density at radius 3 is 2.71 bits per heavy atom. The first-order valence-corrected chi connectivity index (χ1v) is 6.65. The average Bonchev–Trinajstić information content (AvgIpc) is 2.92. The molecule has 90 valence electrons. The van der Waals surface area contributed by atoms with Gasteiger partial charge in [0.1, 0.15) is 0 Å². The second kappa shape index (κ2) is 4.47. The first-order chi connectivity index (χ1) is 8.28. The largest absolute Gasteiger partial charge is 0.377 e. The van der Waals surface area contributed by atoms with Crippen molar-refractivity contribution in [3.05, 3.63) is 40.4 Å². The number of hydrogen-bond donors (Lipinski definition) is 0. The minimum absolute atomic E-state index is 0.351. The van der Waals surface area contributed by atoms with E-state index in [1.54, 1.807) is 0 Å². The van der Waals surface area contributed by atoms with Crippen molar-refractivity contribution in [1.29, 1.82) is 0 Å². The quantitative estimate of drug-likeness (QED) is 0.763. The summed E-state index contributed by atoms with van der Waals surface area (Å²) in [5, 5.41) is 0.795. The summed E-state index contributed by atoms with van der Waals surface area (Å²) in [5.74, 6) is 1.50. The number of hydrogen-bond acceptors (Lipinski definition) is 1. The van der Waals surface area contributed by atoms with Crippen molar-refractivity contribution in [1.82, 2.24) is 0 Å². The molecule has 1 aromatic carbocycles. The third-order valence-electron chi connectivity index (χ3n) is 4.16. The minimum atomic E-state index is 0.351. The van der Waals surface area contributed by atoms with Gasteiger partial charge in [-0.05, 0) is 54.4 Å². The van der Waals surface area contributed by atoms with Gasteiger partial charge < -0.3 is 4.74 Å². The summed E-state index contributed by atoms with van der Waals surface area (Å²) in [7, 11) is 1.83. The van der Waals surface area contributed by atoms with Gasteiger partial charge in [-0.1, -0.05) is 29.8 Å². The molecular weight excluding hydrogens is 232 g/mol. The highest BCUT2D eigenvalue weighted by atomic mass is 35.5. The van der Waals surface area contributed by atoms with Crippen molar-refractivity contribution in [2.24, 2.45) is 11.8 Å². The summed E-state index contributed by atoms with van der Waals surface area (Å²) < 4.78 is 5.66. The summed E-state index contributed by atoms with van der Waals surface area (Å²) in [5.41, 5.74) is 2.73. The van der Waals surface area contributed by atoms with Crippen molar-refractivity contribution in [3.63, 3.8) is 0 Å². The van der Waals surface area contributed by atoms with Gasteiger partial charge >= 0.3 is 0 Å². The van der Waals surface area contributed by atoms with E-state index in [1.807, 2.05) is 19.2 Å². The molecule has 2 fully saturated rings. The summed E-state index contributed by atoms with van der Waals surface area (Å²) in [4.78, 5) is 0. The van der Waals surface area contributed by atoms with E-state index in [4.69, 9.17) is 16.3 Å². The second-order valence-corrected chi connectivity index (χ2v) is 5.56. The molecule has 2 aliphatic rings. The molecule has 2 heteroatoms. The molecule has 0 amide bonds. The van der Waals surface area contributed by atoms with Crippen molar-refractivity contribution in [2.45, 2.75) is 25.4 Å². The van der Waals surface area contributed by atoms with Crippen molar-refractivity contribution in [3.8, 4) is 0 Å². The van der Waals surface area contributed by atoms with Crippen molar-refractivity contribution in [2.75, 3.05) is 7.11 Å². The molecule has 0 aromatic heterocycles. The predicted molar refractivity (Wildman–Crippen MR) is 71.1 cm³/mol. The SMILES string of the molecule is CO[C@@H]1/C(=C/c2ccc(Cl)cc2)[C@@H]2CC[C@H]1C2. The fraction of sp³-hybridized carbons (Fsp3) is 0.467. The highest BCUT2D eigenvalue weighted by molar-refractivity contribution is 6.30. The fourth-order valence-electron chi connectivity index (χ4n) is 3.38. The number of fused-ring (bicyclic) bond motifs is 2. The summed E-state index contributed by atoms with van der Waals surface area (Å²) in [6.07, 6.45) is 6.64. The van der Waals surface area contributed by atoms with E-state index in [0.717, 1.165) is 16.9 Å². The van der Waals surface area contributed by atoms with Crippen LogP contribution >= 0.6 is 11.6 Å². The zero-order valence-corrected chi connectivity index (χ0v) is 10.8. The Labute approximate surface area is 107 Å². The number of ether oxygens (including phenoxy) is 1. The Balaban J connectivity index is 1.90. The van der Waals surface area contributed by atoms with Crippen molar-refractivity contribution >= 4 is 17.7 Å². The Morgan fingerprint density at radius 2 is 2.00 bits per heavy atom. The molecule has 0 N–H and O–H groups in total. The van der Waals surface area contributed by atoms with Crippen LogP contribution in [0.2, 0.25) is 5.02 Å². The summed E-state index contributed by atoms with van der Waals surface area (Å²) in [6, 6.07) is 8.05. The van der Waals surface area contributed by atoms with Crippen LogP contribution < -0.4 is 0 Å².